The summed E-state index contributed by atoms with van der Waals surface area (Å²) in [7, 11) is 0. The first kappa shape index (κ1) is 15.9. The zero-order chi connectivity index (χ0) is 17.3. The lowest BCUT2D eigenvalue weighted by Gasteiger charge is -2.11. The molecular formula is C17H18N4O3. The van der Waals surface area contributed by atoms with E-state index in [0.29, 0.717) is 17.9 Å². The van der Waals surface area contributed by atoms with E-state index < -0.39 is 5.97 Å². The Morgan fingerprint density at radius 3 is 2.71 bits per heavy atom. The normalized spacial score (nSPS) is 11.0. The Bertz CT molecular complexity index is 895. The lowest BCUT2D eigenvalue weighted by molar-refractivity contribution is 0.0697. The van der Waals surface area contributed by atoms with E-state index in [1.165, 1.54) is 0 Å². The van der Waals surface area contributed by atoms with Crippen LogP contribution >= 0.6 is 0 Å². The zero-order valence-electron chi connectivity index (χ0n) is 13.5. The topological polar surface area (TPSA) is 93.2 Å². The van der Waals surface area contributed by atoms with Crippen LogP contribution in [-0.4, -0.2) is 42.1 Å². The third kappa shape index (κ3) is 2.59. The fraction of sp³-hybridized carbons (Fsp3) is 0.235. The van der Waals surface area contributed by atoms with Crippen molar-refractivity contribution >= 4 is 5.97 Å². The molecule has 2 heterocycles. The number of carbonyl (C=O) groups is 1. The number of hydrogen-bond acceptors (Lipinski definition) is 4. The van der Waals surface area contributed by atoms with Crippen LogP contribution in [0.25, 0.3) is 17.1 Å². The van der Waals surface area contributed by atoms with Gasteiger partial charge in [0.25, 0.3) is 0 Å². The van der Waals surface area contributed by atoms with Gasteiger partial charge in [0.1, 0.15) is 5.82 Å². The lowest BCUT2D eigenvalue weighted by Crippen LogP contribution is -2.07. The second kappa shape index (κ2) is 6.29. The number of hydrogen-bond donors (Lipinski definition) is 2. The van der Waals surface area contributed by atoms with E-state index in [9.17, 15) is 9.90 Å². The van der Waals surface area contributed by atoms with E-state index in [4.69, 9.17) is 5.11 Å². The largest absolute Gasteiger partial charge is 0.478 e. The monoisotopic (exact) mass is 326 g/mol. The summed E-state index contributed by atoms with van der Waals surface area (Å²) in [5, 5.41) is 23.0. The van der Waals surface area contributed by atoms with Gasteiger partial charge in [-0.25, -0.2) is 9.78 Å². The average Bonchev–Trinajstić information content (AvgIpc) is 3.13. The third-order valence-corrected chi connectivity index (χ3v) is 3.94. The summed E-state index contributed by atoms with van der Waals surface area (Å²) >= 11 is 0. The number of carboxylic acid groups (broad SMARTS) is 1. The summed E-state index contributed by atoms with van der Waals surface area (Å²) in [6.45, 7) is 4.20. The summed E-state index contributed by atoms with van der Waals surface area (Å²) in [5.74, 6) is -0.452. The summed E-state index contributed by atoms with van der Waals surface area (Å²) in [5.41, 5.74) is 3.25. The van der Waals surface area contributed by atoms with Gasteiger partial charge in [0.2, 0.25) is 0 Å². The van der Waals surface area contributed by atoms with Gasteiger partial charge < -0.3 is 10.2 Å². The molecule has 0 aliphatic heterocycles. The minimum Gasteiger partial charge on any atom is -0.478 e. The van der Waals surface area contributed by atoms with Crippen LogP contribution in [0.1, 0.15) is 21.7 Å². The molecule has 3 aromatic rings. The number of carboxylic acids is 1. The Kier molecular flexibility index (Phi) is 4.18. The zero-order valence-corrected chi connectivity index (χ0v) is 13.5. The van der Waals surface area contributed by atoms with Crippen LogP contribution in [0, 0.1) is 13.8 Å². The molecule has 0 saturated heterocycles. The van der Waals surface area contributed by atoms with Crippen LogP contribution in [0.2, 0.25) is 0 Å². The van der Waals surface area contributed by atoms with Crippen LogP contribution in [0.15, 0.2) is 36.7 Å². The van der Waals surface area contributed by atoms with Gasteiger partial charge in [-0.05, 0) is 19.9 Å². The van der Waals surface area contributed by atoms with Crippen molar-refractivity contribution in [3.63, 3.8) is 0 Å². The number of imidazole rings is 1. The van der Waals surface area contributed by atoms with Crippen molar-refractivity contribution in [1.29, 1.82) is 0 Å². The smallest absolute Gasteiger partial charge is 0.336 e. The Hall–Kier alpha value is -2.93. The van der Waals surface area contributed by atoms with Gasteiger partial charge in [0.05, 0.1) is 35.8 Å². The minimum absolute atomic E-state index is 0.0000331. The molecule has 2 aromatic heterocycles. The molecule has 0 aliphatic carbocycles. The molecule has 7 heteroatoms. The molecule has 1 aromatic carbocycles. The highest BCUT2D eigenvalue weighted by atomic mass is 16.4. The van der Waals surface area contributed by atoms with Crippen LogP contribution in [0.3, 0.4) is 0 Å². The van der Waals surface area contributed by atoms with Crippen molar-refractivity contribution in [2.24, 2.45) is 0 Å². The molecule has 0 spiro atoms. The summed E-state index contributed by atoms with van der Waals surface area (Å²) in [6, 6.07) is 6.78. The summed E-state index contributed by atoms with van der Waals surface area (Å²) < 4.78 is 3.57. The molecule has 0 radical (unpaired) electrons. The minimum atomic E-state index is -0.996. The van der Waals surface area contributed by atoms with Gasteiger partial charge in [-0.2, -0.15) is 5.10 Å². The number of aromatic carboxylic acids is 1. The van der Waals surface area contributed by atoms with Crippen LogP contribution in [-0.2, 0) is 6.54 Å². The summed E-state index contributed by atoms with van der Waals surface area (Å²) in [6.07, 6.45) is 3.42. The van der Waals surface area contributed by atoms with Crippen LogP contribution in [0.4, 0.5) is 0 Å². The highest BCUT2D eigenvalue weighted by Crippen LogP contribution is 2.28. The SMILES string of the molecule is Cc1nn(CCO)c(C)c1-n1ccnc1-c1ccccc1C(=O)O. The quantitative estimate of drug-likeness (QED) is 0.748. The fourth-order valence-corrected chi connectivity index (χ4v) is 2.90. The molecular weight excluding hydrogens is 308 g/mol. The van der Waals surface area contributed by atoms with E-state index >= 15 is 0 Å². The molecule has 0 unspecified atom stereocenters. The van der Waals surface area contributed by atoms with Gasteiger partial charge in [-0.3, -0.25) is 9.25 Å². The Labute approximate surface area is 138 Å². The number of benzene rings is 1. The van der Waals surface area contributed by atoms with Gasteiger partial charge in [-0.15, -0.1) is 0 Å². The van der Waals surface area contributed by atoms with Crippen LogP contribution < -0.4 is 0 Å². The number of nitrogens with zero attached hydrogens (tertiary/aromatic N) is 4. The van der Waals surface area contributed by atoms with E-state index in [2.05, 4.69) is 10.1 Å². The molecule has 7 nitrogen and oxygen atoms in total. The van der Waals surface area contributed by atoms with Crippen molar-refractivity contribution in [3.8, 4) is 17.1 Å². The second-order valence-electron chi connectivity index (χ2n) is 5.44. The maximum Gasteiger partial charge on any atom is 0.336 e. The maximum absolute atomic E-state index is 11.5. The standard InChI is InChI=1S/C17H18N4O3/c1-11-15(12(2)21(19-11)9-10-22)20-8-7-18-16(20)13-5-3-4-6-14(13)17(23)24/h3-8,22H,9-10H2,1-2H3,(H,23,24). The number of aryl methyl sites for hydroxylation is 1. The lowest BCUT2D eigenvalue weighted by atomic mass is 10.1. The first-order valence-electron chi connectivity index (χ1n) is 7.56. The first-order chi connectivity index (χ1) is 11.5. The summed E-state index contributed by atoms with van der Waals surface area (Å²) in [4.78, 5) is 15.9. The number of aliphatic hydroxyl groups excluding tert-OH is 1. The highest BCUT2D eigenvalue weighted by Gasteiger charge is 2.20. The molecule has 3 rings (SSSR count). The van der Waals surface area contributed by atoms with Crippen LogP contribution in [0.5, 0.6) is 0 Å². The third-order valence-electron chi connectivity index (χ3n) is 3.94. The van der Waals surface area contributed by atoms with Gasteiger partial charge >= 0.3 is 5.97 Å². The van der Waals surface area contributed by atoms with E-state index in [1.54, 1.807) is 41.3 Å². The number of rotatable bonds is 5. The van der Waals surface area contributed by atoms with Gasteiger partial charge in [-0.1, -0.05) is 18.2 Å². The van der Waals surface area contributed by atoms with Crippen molar-refractivity contribution in [2.45, 2.75) is 20.4 Å². The van der Waals surface area contributed by atoms with E-state index in [0.717, 1.165) is 17.1 Å². The molecule has 0 fully saturated rings. The number of aromatic nitrogens is 4. The van der Waals surface area contributed by atoms with Crippen molar-refractivity contribution in [1.82, 2.24) is 19.3 Å². The predicted octanol–water partition coefficient (Wildman–Crippen LogP) is 2.04. The molecule has 0 bridgehead atoms. The van der Waals surface area contributed by atoms with Gasteiger partial charge in [0, 0.05) is 18.0 Å². The van der Waals surface area contributed by atoms with Gasteiger partial charge in [0.15, 0.2) is 0 Å². The number of aliphatic hydroxyl groups is 1. The molecule has 0 aliphatic rings. The Balaban J connectivity index is 2.19. The molecule has 0 atom stereocenters. The fourth-order valence-electron chi connectivity index (χ4n) is 2.90. The molecule has 24 heavy (non-hydrogen) atoms. The predicted molar refractivity (Wildman–Crippen MR) is 88.3 cm³/mol. The van der Waals surface area contributed by atoms with E-state index in [1.807, 2.05) is 18.4 Å². The molecule has 0 saturated carbocycles. The molecule has 124 valence electrons. The van der Waals surface area contributed by atoms with E-state index in [-0.39, 0.29) is 12.2 Å². The first-order valence-corrected chi connectivity index (χ1v) is 7.56. The van der Waals surface area contributed by atoms with Crippen molar-refractivity contribution in [3.05, 3.63) is 53.6 Å². The Morgan fingerprint density at radius 2 is 2.00 bits per heavy atom. The highest BCUT2D eigenvalue weighted by molar-refractivity contribution is 5.95. The second-order valence-corrected chi connectivity index (χ2v) is 5.44. The van der Waals surface area contributed by atoms with Crippen molar-refractivity contribution < 1.29 is 15.0 Å². The Morgan fingerprint density at radius 1 is 1.25 bits per heavy atom. The molecule has 2 N–H and O–H groups in total. The molecule has 0 amide bonds. The maximum atomic E-state index is 11.5. The van der Waals surface area contributed by atoms with Crippen molar-refractivity contribution in [2.75, 3.05) is 6.61 Å². The average molecular weight is 326 g/mol.